The fraction of sp³-hybridized carbons (Fsp3) is 0.235. The molecule has 0 aliphatic carbocycles. The Morgan fingerprint density at radius 1 is 1.28 bits per heavy atom. The molecule has 5 nitrogen and oxygen atoms in total. The summed E-state index contributed by atoms with van der Waals surface area (Å²) >= 11 is 0. The van der Waals surface area contributed by atoms with Gasteiger partial charge in [-0.1, -0.05) is 0 Å². The van der Waals surface area contributed by atoms with Crippen LogP contribution in [0.3, 0.4) is 0 Å². The van der Waals surface area contributed by atoms with E-state index in [0.29, 0.717) is 17.5 Å². The van der Waals surface area contributed by atoms with E-state index in [9.17, 15) is 18.0 Å². The molecule has 130 valence electrons. The summed E-state index contributed by atoms with van der Waals surface area (Å²) in [7, 11) is 1.25. The number of halogens is 3. The van der Waals surface area contributed by atoms with Crippen molar-refractivity contribution in [2.75, 3.05) is 12.8 Å². The second-order valence-corrected chi connectivity index (χ2v) is 5.28. The van der Waals surface area contributed by atoms with Crippen molar-refractivity contribution in [2.24, 2.45) is 0 Å². The largest absolute Gasteiger partial charge is 0.465 e. The van der Waals surface area contributed by atoms with E-state index in [4.69, 9.17) is 11.0 Å². The van der Waals surface area contributed by atoms with Crippen LogP contribution in [-0.2, 0) is 23.8 Å². The minimum Gasteiger partial charge on any atom is -0.465 e. The molecule has 2 rings (SSSR count). The van der Waals surface area contributed by atoms with Gasteiger partial charge in [0.1, 0.15) is 0 Å². The second-order valence-electron chi connectivity index (χ2n) is 5.28. The van der Waals surface area contributed by atoms with Crippen LogP contribution < -0.4 is 5.73 Å². The first-order valence-electron chi connectivity index (χ1n) is 7.18. The van der Waals surface area contributed by atoms with Gasteiger partial charge in [-0.15, -0.1) is 0 Å². The number of carbonyl (C=O) groups is 1. The van der Waals surface area contributed by atoms with Crippen LogP contribution in [0.15, 0.2) is 30.6 Å². The van der Waals surface area contributed by atoms with Gasteiger partial charge in [0.2, 0.25) is 0 Å². The number of benzene rings is 1. The van der Waals surface area contributed by atoms with Crippen molar-refractivity contribution >= 4 is 11.7 Å². The van der Waals surface area contributed by atoms with Gasteiger partial charge in [0.15, 0.2) is 0 Å². The number of methoxy groups -OCH3 is 1. The second kappa shape index (κ2) is 7.21. The molecule has 25 heavy (non-hydrogen) atoms. The van der Waals surface area contributed by atoms with Gasteiger partial charge in [0.25, 0.3) is 0 Å². The van der Waals surface area contributed by atoms with Crippen molar-refractivity contribution in [3.63, 3.8) is 0 Å². The van der Waals surface area contributed by atoms with Gasteiger partial charge in [0, 0.05) is 18.1 Å². The predicted octanol–water partition coefficient (Wildman–Crippen LogP) is 3.13. The van der Waals surface area contributed by atoms with Crippen molar-refractivity contribution < 1.29 is 22.7 Å². The molecule has 0 aliphatic rings. The third kappa shape index (κ3) is 4.26. The first-order valence-corrected chi connectivity index (χ1v) is 7.18. The highest BCUT2D eigenvalue weighted by atomic mass is 19.4. The zero-order valence-corrected chi connectivity index (χ0v) is 13.2. The van der Waals surface area contributed by atoms with E-state index in [0.717, 1.165) is 6.07 Å². The lowest BCUT2D eigenvalue weighted by molar-refractivity contribution is -0.136. The molecule has 0 saturated carbocycles. The van der Waals surface area contributed by atoms with Gasteiger partial charge in [-0.3, -0.25) is 4.98 Å². The summed E-state index contributed by atoms with van der Waals surface area (Å²) in [6, 6.07) is 5.27. The lowest BCUT2D eigenvalue weighted by Crippen LogP contribution is -2.11. The molecule has 0 bridgehead atoms. The first kappa shape index (κ1) is 18.3. The number of nitriles is 1. The monoisotopic (exact) mass is 349 g/mol. The molecule has 0 saturated heterocycles. The number of hydrogen-bond acceptors (Lipinski definition) is 5. The number of aryl methyl sites for hydroxylation is 2. The summed E-state index contributed by atoms with van der Waals surface area (Å²) in [4.78, 5) is 15.4. The Kier molecular flexibility index (Phi) is 5.27. The molecule has 0 amide bonds. The number of rotatable bonds is 4. The van der Waals surface area contributed by atoms with Crippen molar-refractivity contribution in [3.8, 4) is 6.07 Å². The molecular formula is C17H14F3N3O2. The number of pyridine rings is 1. The van der Waals surface area contributed by atoms with E-state index < -0.39 is 23.4 Å². The minimum absolute atomic E-state index is 0.0846. The quantitative estimate of drug-likeness (QED) is 0.677. The number of nitrogens with zero attached hydrogens (tertiary/aromatic N) is 2. The summed E-state index contributed by atoms with van der Waals surface area (Å²) in [5.74, 6) is -0.536. The molecule has 1 aromatic carbocycles. The number of alkyl halides is 3. The van der Waals surface area contributed by atoms with Crippen LogP contribution in [-0.4, -0.2) is 18.1 Å². The zero-order valence-electron chi connectivity index (χ0n) is 13.2. The maximum Gasteiger partial charge on any atom is 0.418 e. The molecule has 1 aromatic heterocycles. The highest BCUT2D eigenvalue weighted by Crippen LogP contribution is 2.35. The van der Waals surface area contributed by atoms with Crippen LogP contribution in [0.25, 0.3) is 0 Å². The van der Waals surface area contributed by atoms with Gasteiger partial charge >= 0.3 is 12.1 Å². The fourth-order valence-corrected chi connectivity index (χ4v) is 2.35. The van der Waals surface area contributed by atoms with Gasteiger partial charge < -0.3 is 10.5 Å². The Bertz CT molecular complexity index is 842. The van der Waals surface area contributed by atoms with Crippen molar-refractivity contribution in [2.45, 2.75) is 19.0 Å². The number of anilines is 1. The molecule has 0 spiro atoms. The van der Waals surface area contributed by atoms with Gasteiger partial charge in [-0.05, 0) is 42.2 Å². The molecule has 0 aliphatic heterocycles. The molecule has 0 unspecified atom stereocenters. The number of esters is 1. The number of nitrogen functional groups attached to an aromatic ring is 1. The Balaban J connectivity index is 2.26. The van der Waals surface area contributed by atoms with Crippen molar-refractivity contribution in [3.05, 3.63) is 58.4 Å². The van der Waals surface area contributed by atoms with E-state index >= 15 is 0 Å². The number of ether oxygens (including phenoxy) is 1. The Hall–Kier alpha value is -3.08. The van der Waals surface area contributed by atoms with E-state index in [-0.39, 0.29) is 17.5 Å². The maximum atomic E-state index is 12.9. The van der Waals surface area contributed by atoms with Crippen LogP contribution in [0.2, 0.25) is 0 Å². The Morgan fingerprint density at radius 3 is 2.60 bits per heavy atom. The smallest absolute Gasteiger partial charge is 0.418 e. The zero-order chi connectivity index (χ0) is 18.6. The topological polar surface area (TPSA) is 89.0 Å². The minimum atomic E-state index is -4.62. The summed E-state index contributed by atoms with van der Waals surface area (Å²) in [5, 5.41) is 9.11. The summed E-state index contributed by atoms with van der Waals surface area (Å²) in [5.41, 5.74) is 5.30. The average Bonchev–Trinajstić information content (AvgIpc) is 2.58. The van der Waals surface area contributed by atoms with E-state index in [1.165, 1.54) is 25.6 Å². The average molecular weight is 349 g/mol. The number of carbonyl (C=O) groups excluding carboxylic acids is 1. The Labute approximate surface area is 141 Å². The normalized spacial score (nSPS) is 11.0. The highest BCUT2D eigenvalue weighted by molar-refractivity contribution is 5.89. The van der Waals surface area contributed by atoms with Crippen LogP contribution >= 0.6 is 0 Å². The molecule has 0 atom stereocenters. The fourth-order valence-electron chi connectivity index (χ4n) is 2.35. The maximum absolute atomic E-state index is 12.9. The van der Waals surface area contributed by atoms with E-state index in [1.807, 2.05) is 0 Å². The van der Waals surface area contributed by atoms with Gasteiger partial charge in [-0.2, -0.15) is 18.4 Å². The first-order chi connectivity index (χ1) is 11.8. The standard InChI is InChI=1S/C17H14F3N3O2/c1-25-16(24)13-4-10(8-23-9-13)2-3-11-6-15(22)14(17(18,19)20)5-12(11)7-21/h4-6,8-9H,2-3,22H2,1H3. The van der Waals surface area contributed by atoms with E-state index in [2.05, 4.69) is 9.72 Å². The SMILES string of the molecule is COC(=O)c1cncc(CCc2cc(N)c(C(F)(F)F)cc2C#N)c1. The summed E-state index contributed by atoms with van der Waals surface area (Å²) in [6.45, 7) is 0. The van der Waals surface area contributed by atoms with Crippen LogP contribution in [0.1, 0.15) is 32.6 Å². The highest BCUT2D eigenvalue weighted by Gasteiger charge is 2.33. The molecule has 2 N–H and O–H groups in total. The molecule has 0 fully saturated rings. The van der Waals surface area contributed by atoms with Gasteiger partial charge in [-0.25, -0.2) is 4.79 Å². The van der Waals surface area contributed by atoms with Gasteiger partial charge in [0.05, 0.1) is 29.9 Å². The molecule has 0 radical (unpaired) electrons. The van der Waals surface area contributed by atoms with Crippen molar-refractivity contribution in [1.82, 2.24) is 4.98 Å². The van der Waals surface area contributed by atoms with Crippen LogP contribution in [0.4, 0.5) is 18.9 Å². The summed E-state index contributed by atoms with van der Waals surface area (Å²) in [6.07, 6.45) is -1.08. The van der Waals surface area contributed by atoms with Crippen LogP contribution in [0, 0.1) is 11.3 Å². The molecular weight excluding hydrogens is 335 g/mol. The van der Waals surface area contributed by atoms with Crippen LogP contribution in [0.5, 0.6) is 0 Å². The Morgan fingerprint density at radius 2 is 2.00 bits per heavy atom. The van der Waals surface area contributed by atoms with Crippen molar-refractivity contribution in [1.29, 1.82) is 5.26 Å². The molecule has 1 heterocycles. The number of nitrogens with two attached hydrogens (primary N) is 1. The third-order valence-electron chi connectivity index (χ3n) is 3.60. The van der Waals surface area contributed by atoms with E-state index in [1.54, 1.807) is 12.1 Å². The lowest BCUT2D eigenvalue weighted by atomic mass is 9.97. The number of aromatic nitrogens is 1. The number of hydrogen-bond donors (Lipinski definition) is 1. The third-order valence-corrected chi connectivity index (χ3v) is 3.60. The molecule has 2 aromatic rings. The predicted molar refractivity (Wildman–Crippen MR) is 83.6 cm³/mol. The summed E-state index contributed by atoms with van der Waals surface area (Å²) < 4.78 is 43.2. The molecule has 8 heteroatoms. The lowest BCUT2D eigenvalue weighted by Gasteiger charge is -2.13.